The second kappa shape index (κ2) is 15.6. The highest BCUT2D eigenvalue weighted by Crippen LogP contribution is 2.44. The third-order valence-corrected chi connectivity index (χ3v) is 14.1. The summed E-state index contributed by atoms with van der Waals surface area (Å²) in [5.74, 6) is 0.967. The molecular weight excluding hydrogens is 829 g/mol. The van der Waals surface area contributed by atoms with Crippen LogP contribution in [0.5, 0.6) is 0 Å². The van der Waals surface area contributed by atoms with E-state index in [-0.39, 0.29) is 0 Å². The molecule has 0 aliphatic carbocycles. The van der Waals surface area contributed by atoms with Crippen molar-refractivity contribution in [3.63, 3.8) is 0 Å². The van der Waals surface area contributed by atoms with Gasteiger partial charge in [0, 0.05) is 72.5 Å². The van der Waals surface area contributed by atoms with E-state index in [2.05, 4.69) is 244 Å². The molecule has 4 nitrogen and oxygen atoms in total. The Hall–Kier alpha value is -8.34. The molecule has 0 spiro atoms. The van der Waals surface area contributed by atoms with E-state index in [0.29, 0.717) is 11.8 Å². The number of hydrogen-bond donors (Lipinski definition) is 0. The number of anilines is 6. The van der Waals surface area contributed by atoms with Crippen LogP contribution in [-0.4, -0.2) is 0 Å². The lowest BCUT2D eigenvalue weighted by Crippen LogP contribution is -2.09. The van der Waals surface area contributed by atoms with Gasteiger partial charge in [0.1, 0.15) is 22.3 Å². The molecular formula is C64H48N2O2. The number of hydrogen-bond acceptors (Lipinski definition) is 4. The van der Waals surface area contributed by atoms with Gasteiger partial charge in [0.25, 0.3) is 0 Å². The van der Waals surface area contributed by atoms with Gasteiger partial charge in [0.05, 0.1) is 0 Å². The molecule has 2 heterocycles. The molecule has 0 fully saturated rings. The maximum absolute atomic E-state index is 6.79. The number of nitrogens with zero attached hydrogens (tertiary/aromatic N) is 2. The highest BCUT2D eigenvalue weighted by Gasteiger charge is 2.20. The summed E-state index contributed by atoms with van der Waals surface area (Å²) in [7, 11) is 0. The predicted molar refractivity (Wildman–Crippen MR) is 289 cm³/mol. The van der Waals surface area contributed by atoms with Crippen LogP contribution in [0, 0.1) is 0 Å². The van der Waals surface area contributed by atoms with Crippen molar-refractivity contribution in [3.8, 4) is 0 Å². The van der Waals surface area contributed by atoms with Crippen molar-refractivity contribution in [2.24, 2.45) is 0 Å². The van der Waals surface area contributed by atoms with Crippen LogP contribution < -0.4 is 9.80 Å². The molecule has 0 bridgehead atoms. The van der Waals surface area contributed by atoms with Crippen molar-refractivity contribution in [2.45, 2.75) is 39.5 Å². The Balaban J connectivity index is 0.877. The first kappa shape index (κ1) is 40.0. The Bertz CT molecular complexity index is 3840. The Kier molecular flexibility index (Phi) is 9.20. The molecule has 0 radical (unpaired) electrons. The van der Waals surface area contributed by atoms with Crippen LogP contribution >= 0.6 is 0 Å². The fourth-order valence-electron chi connectivity index (χ4n) is 10.4. The van der Waals surface area contributed by atoms with E-state index >= 15 is 0 Å². The van der Waals surface area contributed by atoms with E-state index in [4.69, 9.17) is 8.83 Å². The zero-order valence-electron chi connectivity index (χ0n) is 38.5. The first-order valence-electron chi connectivity index (χ1n) is 23.8. The van der Waals surface area contributed by atoms with E-state index in [0.717, 1.165) is 99.5 Å². The van der Waals surface area contributed by atoms with E-state index in [1.807, 2.05) is 0 Å². The Morgan fingerprint density at radius 1 is 0.279 bits per heavy atom. The van der Waals surface area contributed by atoms with Gasteiger partial charge in [0.2, 0.25) is 0 Å². The first-order valence-corrected chi connectivity index (χ1v) is 23.8. The average molecular weight is 877 g/mol. The molecule has 68 heavy (non-hydrogen) atoms. The SMILES string of the molecule is CC(C)c1ccc2cc(N(c3ccccc3)c3ccc4c(ccc5c6cc7c(cc6oc45)oc4c5ccc(N(c6ccccc6)c6ccc8cc(C(C)C)ccc8c6)cc5ccc74)c3)ccc2c1. The minimum absolute atomic E-state index is 0.483. The van der Waals surface area contributed by atoms with Crippen LogP contribution in [0.15, 0.2) is 215 Å². The third kappa shape index (κ3) is 6.59. The fraction of sp³-hybridized carbons (Fsp3) is 0.0938. The lowest BCUT2D eigenvalue weighted by Gasteiger charge is -2.26. The van der Waals surface area contributed by atoms with Crippen LogP contribution in [0.2, 0.25) is 0 Å². The van der Waals surface area contributed by atoms with Crippen LogP contribution in [0.25, 0.3) is 87.0 Å². The highest BCUT2D eigenvalue weighted by atomic mass is 16.3. The number of benzene rings is 11. The second-order valence-corrected chi connectivity index (χ2v) is 19.0. The van der Waals surface area contributed by atoms with Crippen LogP contribution in [0.4, 0.5) is 34.1 Å². The molecule has 0 aliphatic rings. The largest absolute Gasteiger partial charge is 0.455 e. The zero-order chi connectivity index (χ0) is 45.6. The molecule has 0 unspecified atom stereocenters. The summed E-state index contributed by atoms with van der Waals surface area (Å²) in [5, 5.41) is 13.7. The number of rotatable bonds is 8. The summed E-state index contributed by atoms with van der Waals surface area (Å²) in [5.41, 5.74) is 12.7. The molecule has 0 N–H and O–H groups in total. The smallest absolute Gasteiger partial charge is 0.143 e. The van der Waals surface area contributed by atoms with Gasteiger partial charge >= 0.3 is 0 Å². The van der Waals surface area contributed by atoms with Crippen molar-refractivity contribution in [3.05, 3.63) is 217 Å². The molecule has 11 aromatic carbocycles. The van der Waals surface area contributed by atoms with Gasteiger partial charge in [-0.2, -0.15) is 0 Å². The monoisotopic (exact) mass is 876 g/mol. The topological polar surface area (TPSA) is 32.8 Å². The van der Waals surface area contributed by atoms with Crippen LogP contribution in [0.3, 0.4) is 0 Å². The summed E-state index contributed by atoms with van der Waals surface area (Å²) < 4.78 is 13.6. The normalized spacial score (nSPS) is 12.1. The molecule has 0 amide bonds. The van der Waals surface area contributed by atoms with Gasteiger partial charge in [-0.1, -0.05) is 125 Å². The summed E-state index contributed by atoms with van der Waals surface area (Å²) in [6, 6.07) is 75.1. The zero-order valence-corrected chi connectivity index (χ0v) is 38.5. The summed E-state index contributed by atoms with van der Waals surface area (Å²) >= 11 is 0. The fourth-order valence-corrected chi connectivity index (χ4v) is 10.4. The van der Waals surface area contributed by atoms with E-state index in [9.17, 15) is 0 Å². The summed E-state index contributed by atoms with van der Waals surface area (Å²) in [6.45, 7) is 8.98. The van der Waals surface area contributed by atoms with Gasteiger partial charge in [-0.25, -0.2) is 0 Å². The van der Waals surface area contributed by atoms with Gasteiger partial charge in [-0.15, -0.1) is 0 Å². The number of furan rings is 2. The van der Waals surface area contributed by atoms with Crippen LogP contribution in [0.1, 0.15) is 50.7 Å². The van der Waals surface area contributed by atoms with E-state index in [1.165, 1.54) is 32.7 Å². The molecule has 326 valence electrons. The molecule has 4 heteroatoms. The second-order valence-electron chi connectivity index (χ2n) is 19.0. The molecule has 2 aromatic heterocycles. The molecule has 13 rings (SSSR count). The number of para-hydroxylation sites is 2. The Morgan fingerprint density at radius 3 is 1.06 bits per heavy atom. The van der Waals surface area contributed by atoms with Gasteiger partial charge in [-0.05, 0) is 158 Å². The summed E-state index contributed by atoms with van der Waals surface area (Å²) in [6.07, 6.45) is 0. The van der Waals surface area contributed by atoms with Crippen molar-refractivity contribution in [1.82, 2.24) is 0 Å². The van der Waals surface area contributed by atoms with Gasteiger partial charge in [0.15, 0.2) is 0 Å². The molecule has 0 aliphatic heterocycles. The molecule has 0 saturated heterocycles. The predicted octanol–water partition coefficient (Wildman–Crippen LogP) is 19.3. The highest BCUT2D eigenvalue weighted by molar-refractivity contribution is 6.22. The van der Waals surface area contributed by atoms with E-state index in [1.54, 1.807) is 0 Å². The molecule has 0 saturated carbocycles. The average Bonchev–Trinajstić information content (AvgIpc) is 3.93. The van der Waals surface area contributed by atoms with Crippen molar-refractivity contribution in [2.75, 3.05) is 9.80 Å². The number of fused-ring (bicyclic) bond motifs is 12. The van der Waals surface area contributed by atoms with Crippen molar-refractivity contribution >= 4 is 121 Å². The lowest BCUT2D eigenvalue weighted by atomic mass is 9.98. The van der Waals surface area contributed by atoms with Crippen LogP contribution in [-0.2, 0) is 0 Å². The molecule has 13 aromatic rings. The lowest BCUT2D eigenvalue weighted by molar-refractivity contribution is 0.660. The van der Waals surface area contributed by atoms with Gasteiger partial charge in [-0.3, -0.25) is 0 Å². The van der Waals surface area contributed by atoms with E-state index < -0.39 is 0 Å². The summed E-state index contributed by atoms with van der Waals surface area (Å²) in [4.78, 5) is 4.68. The standard InChI is InChI=1S/C64H48N2O2/c1-39(2)41-15-17-45-33-51(23-19-43(45)31-41)65(49-11-7-5-8-12-49)53-25-29-55-47(35-53)21-27-57-59-37-60-58-28-22-48-36-54(26-30-56(48)64(58)68-62(60)38-61(59)67-63(55)57)66(50-13-9-6-10-14-50)52-24-20-44-32-42(40(3)4)16-18-46(44)34-52/h5-40H,1-4H3. The maximum Gasteiger partial charge on any atom is 0.143 e. The van der Waals surface area contributed by atoms with Crippen molar-refractivity contribution in [1.29, 1.82) is 0 Å². The van der Waals surface area contributed by atoms with Crippen molar-refractivity contribution < 1.29 is 8.83 Å². The minimum atomic E-state index is 0.483. The first-order chi connectivity index (χ1) is 33.3. The third-order valence-electron chi connectivity index (χ3n) is 14.1. The quantitative estimate of drug-likeness (QED) is 0.152. The Labute approximate surface area is 394 Å². The van der Waals surface area contributed by atoms with Gasteiger partial charge < -0.3 is 18.6 Å². The Morgan fingerprint density at radius 2 is 0.632 bits per heavy atom. The molecule has 0 atom stereocenters. The maximum atomic E-state index is 6.79. The minimum Gasteiger partial charge on any atom is -0.455 e.